The minimum atomic E-state index is 0.202. The zero-order chi connectivity index (χ0) is 19.1. The van der Waals surface area contributed by atoms with Crippen molar-refractivity contribution in [2.75, 3.05) is 13.7 Å². The molecule has 2 aromatic rings. The topological polar surface area (TPSA) is 29.5 Å². The monoisotopic (exact) mass is 375 g/mol. The maximum atomic E-state index is 13.3. The van der Waals surface area contributed by atoms with Crippen molar-refractivity contribution in [1.82, 2.24) is 4.90 Å². The van der Waals surface area contributed by atoms with Gasteiger partial charge in [0.05, 0.1) is 7.11 Å². The molecule has 3 aliphatic rings. The van der Waals surface area contributed by atoms with E-state index < -0.39 is 0 Å². The second-order valence-electron chi connectivity index (χ2n) is 8.90. The molecule has 3 nitrogen and oxygen atoms in total. The van der Waals surface area contributed by atoms with Gasteiger partial charge in [0, 0.05) is 18.5 Å². The minimum Gasteiger partial charge on any atom is -0.497 e. The van der Waals surface area contributed by atoms with Gasteiger partial charge in [-0.1, -0.05) is 48.9 Å². The Bertz CT molecular complexity index is 864. The molecule has 0 N–H and O–H groups in total. The Balaban J connectivity index is 1.32. The van der Waals surface area contributed by atoms with Crippen LogP contribution in [-0.4, -0.2) is 30.5 Å². The molecule has 2 saturated carbocycles. The molecule has 4 atom stereocenters. The Labute approximate surface area is 167 Å². The van der Waals surface area contributed by atoms with Crippen LogP contribution in [0.1, 0.15) is 55.6 Å². The number of nitrogens with zero attached hydrogens (tertiary/aromatic N) is 1. The summed E-state index contributed by atoms with van der Waals surface area (Å²) in [7, 11) is 1.74. The molecule has 3 fully saturated rings. The fourth-order valence-corrected chi connectivity index (χ4v) is 5.74. The summed E-state index contributed by atoms with van der Waals surface area (Å²) in [6.07, 6.45) is 6.79. The fourth-order valence-electron chi connectivity index (χ4n) is 5.74. The van der Waals surface area contributed by atoms with Crippen molar-refractivity contribution >= 4 is 5.91 Å². The zero-order valence-corrected chi connectivity index (χ0v) is 16.6. The van der Waals surface area contributed by atoms with Gasteiger partial charge in [0.15, 0.2) is 0 Å². The molecule has 1 amide bonds. The maximum Gasteiger partial charge on any atom is 0.226 e. The van der Waals surface area contributed by atoms with E-state index in [2.05, 4.69) is 47.4 Å². The second-order valence-corrected chi connectivity index (χ2v) is 8.90. The Hall–Kier alpha value is -2.29. The summed E-state index contributed by atoms with van der Waals surface area (Å²) in [6.45, 7) is 0.902. The first kappa shape index (κ1) is 17.8. The predicted molar refractivity (Wildman–Crippen MR) is 111 cm³/mol. The minimum absolute atomic E-state index is 0.202. The summed E-state index contributed by atoms with van der Waals surface area (Å²) >= 11 is 0. The van der Waals surface area contributed by atoms with E-state index in [1.165, 1.54) is 24.0 Å². The van der Waals surface area contributed by atoms with Gasteiger partial charge in [-0.2, -0.15) is 0 Å². The number of benzene rings is 2. The van der Waals surface area contributed by atoms with Crippen molar-refractivity contribution in [3.05, 3.63) is 65.7 Å². The van der Waals surface area contributed by atoms with Crippen LogP contribution in [0.25, 0.3) is 0 Å². The van der Waals surface area contributed by atoms with Crippen molar-refractivity contribution in [3.8, 4) is 5.75 Å². The van der Waals surface area contributed by atoms with Gasteiger partial charge in [-0.25, -0.2) is 0 Å². The molecule has 146 valence electrons. The van der Waals surface area contributed by atoms with E-state index in [4.69, 9.17) is 4.74 Å². The highest BCUT2D eigenvalue weighted by Gasteiger charge is 2.50. The van der Waals surface area contributed by atoms with Crippen LogP contribution >= 0.6 is 0 Å². The normalized spacial score (nSPS) is 31.3. The lowest BCUT2D eigenvalue weighted by atomic mass is 9.63. The number of methoxy groups -OCH3 is 1. The Morgan fingerprint density at radius 3 is 2.79 bits per heavy atom. The first-order valence-electron chi connectivity index (χ1n) is 10.7. The summed E-state index contributed by atoms with van der Waals surface area (Å²) < 4.78 is 5.47. The first-order chi connectivity index (χ1) is 13.7. The molecule has 28 heavy (non-hydrogen) atoms. The van der Waals surface area contributed by atoms with Crippen molar-refractivity contribution in [2.24, 2.45) is 5.92 Å². The largest absolute Gasteiger partial charge is 0.497 e. The third-order valence-electron chi connectivity index (χ3n) is 7.39. The molecular formula is C25H29NO2. The molecular weight excluding hydrogens is 346 g/mol. The van der Waals surface area contributed by atoms with E-state index in [1.54, 1.807) is 7.11 Å². The van der Waals surface area contributed by atoms with Crippen LogP contribution in [0.15, 0.2) is 54.6 Å². The van der Waals surface area contributed by atoms with E-state index >= 15 is 0 Å². The number of carbonyl (C=O) groups is 1. The number of hydrogen-bond donors (Lipinski definition) is 0. The molecule has 0 spiro atoms. The highest BCUT2D eigenvalue weighted by atomic mass is 16.5. The maximum absolute atomic E-state index is 13.3. The number of rotatable bonds is 4. The van der Waals surface area contributed by atoms with Crippen molar-refractivity contribution in [2.45, 2.75) is 55.9 Å². The van der Waals surface area contributed by atoms with E-state index in [0.29, 0.717) is 17.9 Å². The number of amides is 1. The Kier molecular flexibility index (Phi) is 4.41. The van der Waals surface area contributed by atoms with Crippen LogP contribution in [0.2, 0.25) is 0 Å². The van der Waals surface area contributed by atoms with Gasteiger partial charge in [0.25, 0.3) is 0 Å². The lowest BCUT2D eigenvalue weighted by Crippen LogP contribution is -2.54. The molecule has 1 saturated heterocycles. The van der Waals surface area contributed by atoms with Gasteiger partial charge in [0.2, 0.25) is 5.91 Å². The molecule has 1 aliphatic heterocycles. The number of likely N-dealkylation sites (tertiary alicyclic amines) is 1. The smallest absolute Gasteiger partial charge is 0.226 e. The van der Waals surface area contributed by atoms with Gasteiger partial charge < -0.3 is 9.64 Å². The first-order valence-corrected chi connectivity index (χ1v) is 10.7. The van der Waals surface area contributed by atoms with Gasteiger partial charge in [0.1, 0.15) is 5.75 Å². The number of fused-ring (bicyclic) bond motifs is 2. The van der Waals surface area contributed by atoms with Crippen LogP contribution < -0.4 is 4.74 Å². The van der Waals surface area contributed by atoms with E-state index in [9.17, 15) is 4.79 Å². The second kappa shape index (κ2) is 6.95. The molecule has 3 heteroatoms. The van der Waals surface area contributed by atoms with Crippen molar-refractivity contribution in [1.29, 1.82) is 0 Å². The molecule has 0 radical (unpaired) electrons. The van der Waals surface area contributed by atoms with Gasteiger partial charge in [-0.05, 0) is 66.7 Å². The molecule has 0 unspecified atom stereocenters. The molecule has 2 aliphatic carbocycles. The van der Waals surface area contributed by atoms with Crippen molar-refractivity contribution < 1.29 is 9.53 Å². The SMILES string of the molecule is COc1cccc([C@]23CCC[C@H](C2)N(C(=O)[C@H]2C[C@H]2c2ccccc2)CC3)c1. The van der Waals surface area contributed by atoms with E-state index in [0.717, 1.165) is 38.0 Å². The number of ether oxygens (including phenoxy) is 1. The van der Waals surface area contributed by atoms with Crippen LogP contribution in [0.3, 0.4) is 0 Å². The standard InChI is InChI=1S/C25H29NO2/c1-28-21-11-5-9-19(15-21)25-12-6-10-20(17-25)26(14-13-25)24(27)23-16-22(23)18-7-3-2-4-8-18/h2-5,7-9,11,15,20,22-23H,6,10,12-14,16-17H2,1H3/t20-,22+,23+,25+/m1/s1. The van der Waals surface area contributed by atoms with E-state index in [-0.39, 0.29) is 11.3 Å². The number of piperidine rings is 1. The summed E-state index contributed by atoms with van der Waals surface area (Å²) in [5, 5.41) is 0. The van der Waals surface area contributed by atoms with Crippen LogP contribution in [-0.2, 0) is 10.2 Å². The Morgan fingerprint density at radius 1 is 1.11 bits per heavy atom. The fraction of sp³-hybridized carbons (Fsp3) is 0.480. The highest BCUT2D eigenvalue weighted by molar-refractivity contribution is 5.83. The number of hydrogen-bond acceptors (Lipinski definition) is 2. The average molecular weight is 376 g/mol. The van der Waals surface area contributed by atoms with E-state index in [1.807, 2.05) is 12.1 Å². The van der Waals surface area contributed by atoms with Gasteiger partial charge in [-0.15, -0.1) is 0 Å². The van der Waals surface area contributed by atoms with Crippen LogP contribution in [0.4, 0.5) is 0 Å². The quantitative estimate of drug-likeness (QED) is 0.760. The highest BCUT2D eigenvalue weighted by Crippen LogP contribution is 2.52. The summed E-state index contributed by atoms with van der Waals surface area (Å²) in [6, 6.07) is 19.6. The Morgan fingerprint density at radius 2 is 1.96 bits per heavy atom. The summed E-state index contributed by atoms with van der Waals surface area (Å²) in [5.74, 6) is 1.98. The lowest BCUT2D eigenvalue weighted by Gasteiger charge is -2.51. The third kappa shape index (κ3) is 3.01. The van der Waals surface area contributed by atoms with Crippen LogP contribution in [0, 0.1) is 5.92 Å². The molecule has 2 aromatic carbocycles. The molecule has 2 bridgehead atoms. The predicted octanol–water partition coefficient (Wildman–Crippen LogP) is 4.91. The zero-order valence-electron chi connectivity index (χ0n) is 16.6. The average Bonchev–Trinajstić information content (AvgIpc) is 3.55. The van der Waals surface area contributed by atoms with Crippen LogP contribution in [0.5, 0.6) is 5.75 Å². The molecule has 0 aromatic heterocycles. The summed E-state index contributed by atoms with van der Waals surface area (Å²) in [5.41, 5.74) is 2.95. The van der Waals surface area contributed by atoms with Gasteiger partial charge >= 0.3 is 0 Å². The number of carbonyl (C=O) groups excluding carboxylic acids is 1. The summed E-state index contributed by atoms with van der Waals surface area (Å²) in [4.78, 5) is 15.5. The molecule has 1 heterocycles. The van der Waals surface area contributed by atoms with Gasteiger partial charge in [-0.3, -0.25) is 4.79 Å². The lowest BCUT2D eigenvalue weighted by molar-refractivity contribution is -0.138. The molecule has 5 rings (SSSR count). The van der Waals surface area contributed by atoms with Crippen molar-refractivity contribution in [3.63, 3.8) is 0 Å². The third-order valence-corrected chi connectivity index (χ3v) is 7.39.